The average molecular weight is 316 g/mol. The lowest BCUT2D eigenvalue weighted by Crippen LogP contribution is -2.07. The lowest BCUT2D eigenvalue weighted by molar-refractivity contribution is 0.103. The molecule has 0 spiro atoms. The number of benzene rings is 2. The highest BCUT2D eigenvalue weighted by molar-refractivity contribution is 6.44. The molecule has 0 amide bonds. The summed E-state index contributed by atoms with van der Waals surface area (Å²) in [5, 5.41) is 0.182. The molecule has 0 unspecified atom stereocenters. The van der Waals surface area contributed by atoms with E-state index in [1.807, 2.05) is 0 Å². The predicted molar refractivity (Wildman–Crippen MR) is 75.4 cm³/mol. The highest BCUT2D eigenvalue weighted by atomic mass is 35.5. The second kappa shape index (κ2) is 5.38. The smallest absolute Gasteiger partial charge is 0.196 e. The molecule has 2 rings (SSSR count). The third-order valence-electron chi connectivity index (χ3n) is 2.81. The van der Waals surface area contributed by atoms with Crippen LogP contribution in [-0.4, -0.2) is 5.78 Å². The first-order valence-electron chi connectivity index (χ1n) is 5.56. The summed E-state index contributed by atoms with van der Waals surface area (Å²) >= 11 is 11.6. The van der Waals surface area contributed by atoms with Gasteiger partial charge in [-0.2, -0.15) is 0 Å². The summed E-state index contributed by atoms with van der Waals surface area (Å²) in [5.74, 6) is -2.19. The van der Waals surface area contributed by atoms with Gasteiger partial charge in [-0.25, -0.2) is 8.78 Å². The topological polar surface area (TPSA) is 43.1 Å². The Bertz CT molecular complexity index is 694. The number of nitrogen functional groups attached to an aromatic ring is 1. The van der Waals surface area contributed by atoms with Gasteiger partial charge in [-0.3, -0.25) is 4.79 Å². The normalized spacial score (nSPS) is 10.7. The van der Waals surface area contributed by atoms with E-state index in [4.69, 9.17) is 28.9 Å². The molecule has 0 saturated heterocycles. The van der Waals surface area contributed by atoms with Gasteiger partial charge < -0.3 is 5.73 Å². The third kappa shape index (κ3) is 2.62. The molecule has 0 heterocycles. The summed E-state index contributed by atoms with van der Waals surface area (Å²) in [6, 6.07) is 4.35. The van der Waals surface area contributed by atoms with Gasteiger partial charge in [0.1, 0.15) is 11.6 Å². The van der Waals surface area contributed by atoms with Gasteiger partial charge in [0.05, 0.1) is 21.3 Å². The van der Waals surface area contributed by atoms with Crippen LogP contribution in [0.1, 0.15) is 21.5 Å². The number of ketones is 1. The summed E-state index contributed by atoms with van der Waals surface area (Å²) in [7, 11) is 0. The number of anilines is 1. The van der Waals surface area contributed by atoms with Gasteiger partial charge in [0.15, 0.2) is 5.78 Å². The fraction of sp³-hybridized carbons (Fsp3) is 0.0714. The van der Waals surface area contributed by atoms with E-state index in [-0.39, 0.29) is 32.4 Å². The van der Waals surface area contributed by atoms with E-state index in [1.54, 1.807) is 0 Å². The van der Waals surface area contributed by atoms with E-state index < -0.39 is 17.4 Å². The Morgan fingerprint density at radius 1 is 1.10 bits per heavy atom. The number of halogens is 4. The van der Waals surface area contributed by atoms with Gasteiger partial charge in [-0.15, -0.1) is 0 Å². The molecule has 2 N–H and O–H groups in total. The zero-order valence-corrected chi connectivity index (χ0v) is 11.8. The zero-order valence-electron chi connectivity index (χ0n) is 10.3. The molecular formula is C14H9Cl2F2NO. The molecule has 0 aliphatic carbocycles. The maximum absolute atomic E-state index is 13.8. The number of rotatable bonds is 2. The molecular weight excluding hydrogens is 307 g/mol. The summed E-state index contributed by atoms with van der Waals surface area (Å²) in [6.45, 7) is 1.41. The van der Waals surface area contributed by atoms with Gasteiger partial charge >= 0.3 is 0 Å². The molecule has 2 aromatic carbocycles. The summed E-state index contributed by atoms with van der Waals surface area (Å²) < 4.78 is 27.2. The fourth-order valence-corrected chi connectivity index (χ4v) is 2.05. The maximum Gasteiger partial charge on any atom is 0.196 e. The summed E-state index contributed by atoms with van der Waals surface area (Å²) in [6.07, 6.45) is 0. The Balaban J connectivity index is 2.55. The lowest BCUT2D eigenvalue weighted by Gasteiger charge is -2.08. The largest absolute Gasteiger partial charge is 0.397 e. The van der Waals surface area contributed by atoms with Gasteiger partial charge in [0.2, 0.25) is 0 Å². The van der Waals surface area contributed by atoms with Crippen LogP contribution < -0.4 is 5.73 Å². The Morgan fingerprint density at radius 3 is 2.35 bits per heavy atom. The Hall–Kier alpha value is -1.65. The Kier molecular flexibility index (Phi) is 3.97. The second-order valence-electron chi connectivity index (χ2n) is 4.27. The third-order valence-corrected chi connectivity index (χ3v) is 3.63. The first-order valence-corrected chi connectivity index (χ1v) is 6.31. The molecule has 0 aliphatic rings. The van der Waals surface area contributed by atoms with Crippen molar-refractivity contribution in [3.8, 4) is 0 Å². The van der Waals surface area contributed by atoms with Crippen LogP contribution in [0.15, 0.2) is 24.3 Å². The van der Waals surface area contributed by atoms with E-state index in [9.17, 15) is 13.6 Å². The molecule has 20 heavy (non-hydrogen) atoms. The van der Waals surface area contributed by atoms with Crippen molar-refractivity contribution < 1.29 is 13.6 Å². The van der Waals surface area contributed by atoms with Gasteiger partial charge in [-0.1, -0.05) is 23.2 Å². The highest BCUT2D eigenvalue weighted by Crippen LogP contribution is 2.30. The molecule has 0 bridgehead atoms. The Morgan fingerprint density at radius 2 is 1.75 bits per heavy atom. The first kappa shape index (κ1) is 14.8. The minimum absolute atomic E-state index is 0.0408. The molecule has 0 fully saturated rings. The molecule has 0 saturated carbocycles. The van der Waals surface area contributed by atoms with Gasteiger partial charge in [0, 0.05) is 5.56 Å². The molecule has 6 heteroatoms. The number of carbonyl (C=O) groups is 1. The number of aryl methyl sites for hydroxylation is 1. The van der Waals surface area contributed by atoms with Crippen molar-refractivity contribution >= 4 is 34.7 Å². The van der Waals surface area contributed by atoms with Crippen molar-refractivity contribution in [2.75, 3.05) is 5.73 Å². The zero-order chi connectivity index (χ0) is 15.0. The standard InChI is InChI=1S/C14H9Cl2F2NO/c1-6-2-11(18)8(5-10(6)17)14(20)7-3-9(15)13(16)12(19)4-7/h2-5H,19H2,1H3. The highest BCUT2D eigenvalue weighted by Gasteiger charge is 2.18. The minimum Gasteiger partial charge on any atom is -0.397 e. The van der Waals surface area contributed by atoms with Crippen LogP contribution >= 0.6 is 23.2 Å². The summed E-state index contributed by atoms with van der Waals surface area (Å²) in [4.78, 5) is 12.2. The monoisotopic (exact) mass is 315 g/mol. The van der Waals surface area contributed by atoms with E-state index in [1.165, 1.54) is 19.1 Å². The number of hydrogen-bond acceptors (Lipinski definition) is 2. The molecule has 104 valence electrons. The van der Waals surface area contributed by atoms with Crippen molar-refractivity contribution in [2.45, 2.75) is 6.92 Å². The second-order valence-corrected chi connectivity index (χ2v) is 5.06. The molecule has 0 radical (unpaired) electrons. The van der Waals surface area contributed by atoms with Crippen LogP contribution in [0.25, 0.3) is 0 Å². The van der Waals surface area contributed by atoms with E-state index in [2.05, 4.69) is 0 Å². The number of carbonyl (C=O) groups excluding carboxylic acids is 1. The van der Waals surface area contributed by atoms with Crippen LogP contribution in [0.3, 0.4) is 0 Å². The molecule has 0 aliphatic heterocycles. The quantitative estimate of drug-likeness (QED) is 0.659. The Labute approximate surface area is 124 Å². The van der Waals surface area contributed by atoms with Crippen molar-refractivity contribution in [2.24, 2.45) is 0 Å². The van der Waals surface area contributed by atoms with Crippen molar-refractivity contribution in [3.63, 3.8) is 0 Å². The van der Waals surface area contributed by atoms with E-state index >= 15 is 0 Å². The van der Waals surface area contributed by atoms with Crippen LogP contribution in [0.2, 0.25) is 10.0 Å². The molecule has 2 nitrogen and oxygen atoms in total. The van der Waals surface area contributed by atoms with Gasteiger partial charge in [-0.05, 0) is 36.8 Å². The average Bonchev–Trinajstić information content (AvgIpc) is 2.38. The van der Waals surface area contributed by atoms with Crippen LogP contribution in [-0.2, 0) is 0 Å². The van der Waals surface area contributed by atoms with Crippen LogP contribution in [0.4, 0.5) is 14.5 Å². The predicted octanol–water partition coefficient (Wildman–Crippen LogP) is 4.39. The van der Waals surface area contributed by atoms with E-state index in [0.717, 1.165) is 12.1 Å². The SMILES string of the molecule is Cc1cc(F)c(C(=O)c2cc(N)c(Cl)c(Cl)c2)cc1F. The van der Waals surface area contributed by atoms with Crippen molar-refractivity contribution in [3.05, 3.63) is 62.6 Å². The first-order chi connectivity index (χ1) is 9.31. The lowest BCUT2D eigenvalue weighted by atomic mass is 10.0. The minimum atomic E-state index is -0.807. The summed E-state index contributed by atoms with van der Waals surface area (Å²) in [5.41, 5.74) is 5.46. The number of hydrogen-bond donors (Lipinski definition) is 1. The van der Waals surface area contributed by atoms with Gasteiger partial charge in [0.25, 0.3) is 0 Å². The van der Waals surface area contributed by atoms with Crippen molar-refractivity contribution in [1.29, 1.82) is 0 Å². The van der Waals surface area contributed by atoms with Crippen LogP contribution in [0, 0.1) is 18.6 Å². The van der Waals surface area contributed by atoms with Crippen molar-refractivity contribution in [1.82, 2.24) is 0 Å². The molecule has 0 atom stereocenters. The maximum atomic E-state index is 13.8. The van der Waals surface area contributed by atoms with Crippen LogP contribution in [0.5, 0.6) is 0 Å². The molecule has 2 aromatic rings. The number of nitrogens with two attached hydrogens (primary N) is 1. The van der Waals surface area contributed by atoms with E-state index in [0.29, 0.717) is 0 Å². The molecule has 0 aromatic heterocycles. The fourth-order valence-electron chi connectivity index (χ4n) is 1.72.